The van der Waals surface area contributed by atoms with Crippen molar-refractivity contribution in [1.82, 2.24) is 0 Å². The van der Waals surface area contributed by atoms with Gasteiger partial charge in [-0.25, -0.2) is 0 Å². The molecule has 0 saturated heterocycles. The fourth-order valence-corrected chi connectivity index (χ4v) is 14.4. The van der Waals surface area contributed by atoms with E-state index in [0.717, 1.165) is 12.8 Å². The maximum Gasteiger partial charge on any atom is 0.107 e. The minimum atomic E-state index is -2.42. The van der Waals surface area contributed by atoms with Crippen LogP contribution in [0, 0.1) is 0 Å². The van der Waals surface area contributed by atoms with Crippen LogP contribution in [0.4, 0.5) is 0 Å². The first kappa shape index (κ1) is 28.0. The fourth-order valence-electron chi connectivity index (χ4n) is 9.36. The van der Waals surface area contributed by atoms with Crippen molar-refractivity contribution in [1.29, 1.82) is 0 Å². The van der Waals surface area contributed by atoms with E-state index in [2.05, 4.69) is 173 Å². The Morgan fingerprint density at radius 1 is 0.444 bits per heavy atom. The average Bonchev–Trinajstić information content (AvgIpc) is 3.63. The molecule has 0 saturated carbocycles. The van der Waals surface area contributed by atoms with E-state index >= 15 is 0 Å². The first-order valence-corrected chi connectivity index (χ1v) is 19.6. The molecule has 6 aromatic carbocycles. The Morgan fingerprint density at radius 3 is 1.27 bits per heavy atom. The lowest BCUT2D eigenvalue weighted by atomic mass is 9.76. The molecule has 1 heteroatoms. The van der Waals surface area contributed by atoms with E-state index in [1.165, 1.54) is 53.5 Å². The van der Waals surface area contributed by atoms with Crippen molar-refractivity contribution >= 4 is 52.2 Å². The van der Waals surface area contributed by atoms with Crippen LogP contribution in [-0.4, -0.2) is 8.07 Å². The van der Waals surface area contributed by atoms with Crippen LogP contribution in [-0.2, 0) is 10.8 Å². The van der Waals surface area contributed by atoms with Gasteiger partial charge in [-0.15, -0.1) is 0 Å². The summed E-state index contributed by atoms with van der Waals surface area (Å²) in [7, 11) is -2.42. The summed E-state index contributed by atoms with van der Waals surface area (Å²) >= 11 is 0. The SMILES string of the molecule is CCC1(c2cccc3ccccc23)C=c2ccccc2=C1[Si](C)(C)C1=c2ccccc2=CC1(CC)c1cccc2ccccc12. The highest BCUT2D eigenvalue weighted by Gasteiger charge is 2.52. The molecule has 0 amide bonds. The maximum atomic E-state index is 2.66. The summed E-state index contributed by atoms with van der Waals surface area (Å²) in [6, 6.07) is 50.3. The first-order chi connectivity index (χ1) is 21.9. The summed E-state index contributed by atoms with van der Waals surface area (Å²) in [5.74, 6) is 0. The molecule has 0 heterocycles. The zero-order valence-electron chi connectivity index (χ0n) is 26.8. The van der Waals surface area contributed by atoms with Gasteiger partial charge in [0.05, 0.1) is 0 Å². The highest BCUT2D eigenvalue weighted by Crippen LogP contribution is 2.54. The van der Waals surface area contributed by atoms with Crippen LogP contribution in [0.5, 0.6) is 0 Å². The van der Waals surface area contributed by atoms with Crippen LogP contribution >= 0.6 is 0 Å². The van der Waals surface area contributed by atoms with Gasteiger partial charge in [-0.1, -0.05) is 183 Å². The summed E-state index contributed by atoms with van der Waals surface area (Å²) in [5.41, 5.74) is 2.50. The van der Waals surface area contributed by atoms with E-state index in [4.69, 9.17) is 0 Å². The van der Waals surface area contributed by atoms with Gasteiger partial charge >= 0.3 is 0 Å². The van der Waals surface area contributed by atoms with Crippen LogP contribution in [0.3, 0.4) is 0 Å². The highest BCUT2D eigenvalue weighted by atomic mass is 28.3. The third-order valence-corrected chi connectivity index (χ3v) is 15.0. The molecule has 0 bridgehead atoms. The molecule has 2 aliphatic carbocycles. The van der Waals surface area contributed by atoms with Gasteiger partial charge < -0.3 is 0 Å². The summed E-state index contributed by atoms with van der Waals surface area (Å²) in [5, 5.41) is 14.3. The first-order valence-electron chi connectivity index (χ1n) is 16.6. The van der Waals surface area contributed by atoms with Crippen molar-refractivity contribution in [3.63, 3.8) is 0 Å². The van der Waals surface area contributed by atoms with Crippen molar-refractivity contribution in [3.8, 4) is 0 Å². The fraction of sp³-hybridized carbons (Fsp3) is 0.182. The number of benzene rings is 6. The average molecular weight is 597 g/mol. The molecule has 2 aliphatic rings. The zero-order chi connectivity index (χ0) is 30.8. The van der Waals surface area contributed by atoms with E-state index in [-0.39, 0.29) is 10.8 Å². The minimum absolute atomic E-state index is 0.191. The van der Waals surface area contributed by atoms with Crippen molar-refractivity contribution in [2.75, 3.05) is 0 Å². The molecule has 8 rings (SSSR count). The molecule has 0 spiro atoms. The molecule has 0 aliphatic heterocycles. The second-order valence-corrected chi connectivity index (χ2v) is 17.8. The quantitative estimate of drug-likeness (QED) is 0.171. The lowest BCUT2D eigenvalue weighted by molar-refractivity contribution is 0.706. The molecular weight excluding hydrogens is 557 g/mol. The predicted octanol–water partition coefficient (Wildman–Crippen LogP) is 8.07. The molecule has 6 aromatic rings. The second-order valence-electron chi connectivity index (χ2n) is 13.5. The van der Waals surface area contributed by atoms with Crippen molar-refractivity contribution < 1.29 is 0 Å². The Bertz CT molecular complexity index is 2220. The van der Waals surface area contributed by atoms with Gasteiger partial charge in [-0.3, -0.25) is 0 Å². The summed E-state index contributed by atoms with van der Waals surface area (Å²) in [4.78, 5) is 0. The van der Waals surface area contributed by atoms with E-state index in [1.807, 2.05) is 0 Å². The number of rotatable bonds is 6. The van der Waals surface area contributed by atoms with Crippen LogP contribution in [0.15, 0.2) is 133 Å². The third kappa shape index (κ3) is 3.90. The molecule has 0 aromatic heterocycles. The van der Waals surface area contributed by atoms with Crippen LogP contribution in [0.1, 0.15) is 37.8 Å². The van der Waals surface area contributed by atoms with Gasteiger partial charge in [0.15, 0.2) is 0 Å². The van der Waals surface area contributed by atoms with Crippen LogP contribution in [0.25, 0.3) is 44.1 Å². The standard InChI is InChI=1S/C44H40Si/c1-5-43(39-27-15-21-31-17-7-11-23-35(31)39)29-33-19-9-13-25-37(33)41(43)45(3,4)42-38-26-14-10-20-34(38)30-44(42,6-2)40-28-16-22-32-18-8-12-24-36(32)40/h7-30H,5-6H2,1-4H3. The smallest absolute Gasteiger partial charge is 0.0639 e. The number of hydrogen-bond acceptors (Lipinski definition) is 0. The molecule has 220 valence electrons. The molecule has 0 N–H and O–H groups in total. The Balaban J connectivity index is 1.50. The molecular formula is C44H40Si. The van der Waals surface area contributed by atoms with E-state index < -0.39 is 8.07 Å². The Morgan fingerprint density at radius 2 is 0.822 bits per heavy atom. The van der Waals surface area contributed by atoms with Crippen molar-refractivity contribution in [2.45, 2.75) is 50.6 Å². The molecule has 2 unspecified atom stereocenters. The summed E-state index contributed by atoms with van der Waals surface area (Å²) in [6.45, 7) is 10.1. The maximum absolute atomic E-state index is 2.66. The molecule has 0 nitrogen and oxygen atoms in total. The van der Waals surface area contributed by atoms with Crippen LogP contribution < -0.4 is 20.9 Å². The van der Waals surface area contributed by atoms with Crippen molar-refractivity contribution in [2.24, 2.45) is 0 Å². The summed E-state index contributed by atoms with van der Waals surface area (Å²) in [6.07, 6.45) is 7.30. The minimum Gasteiger partial charge on any atom is -0.0639 e. The highest BCUT2D eigenvalue weighted by molar-refractivity contribution is 7.07. The topological polar surface area (TPSA) is 0 Å². The van der Waals surface area contributed by atoms with Gasteiger partial charge in [0.1, 0.15) is 8.07 Å². The number of fused-ring (bicyclic) bond motifs is 4. The monoisotopic (exact) mass is 596 g/mol. The summed E-state index contributed by atoms with van der Waals surface area (Å²) < 4.78 is 0. The van der Waals surface area contributed by atoms with Gasteiger partial charge in [0.2, 0.25) is 0 Å². The van der Waals surface area contributed by atoms with Gasteiger partial charge in [-0.05, 0) is 66.4 Å². The molecule has 0 radical (unpaired) electrons. The van der Waals surface area contributed by atoms with Gasteiger partial charge in [0, 0.05) is 10.8 Å². The van der Waals surface area contributed by atoms with Crippen LogP contribution in [0.2, 0.25) is 13.1 Å². The van der Waals surface area contributed by atoms with E-state index in [1.54, 1.807) is 10.4 Å². The Kier molecular flexibility index (Phi) is 6.41. The lowest BCUT2D eigenvalue weighted by Crippen LogP contribution is -2.50. The third-order valence-electron chi connectivity index (χ3n) is 11.1. The lowest BCUT2D eigenvalue weighted by Gasteiger charge is -2.46. The second kappa shape index (κ2) is 10.3. The largest absolute Gasteiger partial charge is 0.107 e. The van der Waals surface area contributed by atoms with E-state index in [0.29, 0.717) is 0 Å². The molecule has 45 heavy (non-hydrogen) atoms. The Labute approximate surface area is 267 Å². The normalized spacial score (nSPS) is 20.6. The predicted molar refractivity (Wildman–Crippen MR) is 196 cm³/mol. The van der Waals surface area contributed by atoms with Gasteiger partial charge in [0.25, 0.3) is 0 Å². The van der Waals surface area contributed by atoms with E-state index in [9.17, 15) is 0 Å². The van der Waals surface area contributed by atoms with Gasteiger partial charge in [-0.2, -0.15) is 0 Å². The zero-order valence-corrected chi connectivity index (χ0v) is 27.8. The number of hydrogen-bond donors (Lipinski definition) is 0. The molecule has 2 atom stereocenters. The molecule has 0 fully saturated rings. The van der Waals surface area contributed by atoms with Crippen molar-refractivity contribution in [3.05, 3.63) is 165 Å². The Hall–Kier alpha value is -4.46.